The molecule has 0 bridgehead atoms. The van der Waals surface area contributed by atoms with Crippen LogP contribution in [0.1, 0.15) is 85.9 Å². The van der Waals surface area contributed by atoms with E-state index in [-0.39, 0.29) is 24.3 Å². The number of primary amides is 1. The van der Waals surface area contributed by atoms with Crippen LogP contribution >= 0.6 is 0 Å². The zero-order valence-corrected chi connectivity index (χ0v) is 32.1. The summed E-state index contributed by atoms with van der Waals surface area (Å²) in [5.41, 5.74) is 12.2. The van der Waals surface area contributed by atoms with Crippen LogP contribution in [0.15, 0.2) is 83.8 Å². The van der Waals surface area contributed by atoms with E-state index in [4.69, 9.17) is 16.0 Å². The van der Waals surface area contributed by atoms with Crippen LogP contribution in [0.3, 0.4) is 0 Å². The number of aliphatic hydroxyl groups excluding tert-OH is 1. The fourth-order valence-corrected chi connectivity index (χ4v) is 7.41. The van der Waals surface area contributed by atoms with Gasteiger partial charge in [0.05, 0.1) is 30.3 Å². The van der Waals surface area contributed by atoms with Crippen LogP contribution in [0.4, 0.5) is 0 Å². The maximum atomic E-state index is 14.3. The number of nitrogens with zero attached hydrogens (tertiary/aromatic N) is 2. The lowest BCUT2D eigenvalue weighted by atomic mass is 9.83. The van der Waals surface area contributed by atoms with Gasteiger partial charge in [0.15, 0.2) is 0 Å². The van der Waals surface area contributed by atoms with Gasteiger partial charge in [-0.2, -0.15) is 0 Å². The van der Waals surface area contributed by atoms with Crippen molar-refractivity contribution in [2.75, 3.05) is 6.54 Å². The molecule has 5 rings (SSSR count). The molecule has 57 heavy (non-hydrogen) atoms. The fourth-order valence-electron chi connectivity index (χ4n) is 7.41. The van der Waals surface area contributed by atoms with Gasteiger partial charge in [0.25, 0.3) is 5.91 Å². The normalized spacial score (nSPS) is 15.8. The molecule has 0 saturated heterocycles. The Bertz CT molecular complexity index is 1910. The Morgan fingerprint density at radius 3 is 2.28 bits per heavy atom. The Morgan fingerprint density at radius 1 is 0.807 bits per heavy atom. The highest BCUT2D eigenvalue weighted by atomic mass is 16.5. The van der Waals surface area contributed by atoms with Crippen LogP contribution in [0.25, 0.3) is 10.8 Å². The van der Waals surface area contributed by atoms with Crippen molar-refractivity contribution in [3.05, 3.63) is 96.1 Å². The van der Waals surface area contributed by atoms with Crippen molar-refractivity contribution < 1.29 is 33.6 Å². The number of amides is 5. The van der Waals surface area contributed by atoms with Crippen LogP contribution in [0.5, 0.6) is 0 Å². The standard InChI is InChI=1S/C42H54N8O7/c43-19-7-6-17-33(39(44)53)47-38(52)25-37(51)34(22-27-10-2-1-3-11-27)48-42(56)36(24-31-18-21-46-57-31)50-41(55)35(49-40(54)30-15-9-20-45-26-30)23-29-14-8-13-28-12-4-5-16-32(28)29/h4-5,8-9,12-16,18,20-21,26-27,33-37,51H,1-3,6-7,10-11,17,19,22-25,43H2,(H2,44,53)(H,47,52)(H,48,56)(H,49,54)(H,50,55)/t33-,34-,35-,36-,37-/m0/s1. The largest absolute Gasteiger partial charge is 0.390 e. The van der Waals surface area contributed by atoms with E-state index in [1.807, 2.05) is 42.5 Å². The maximum Gasteiger partial charge on any atom is 0.253 e. The number of benzene rings is 2. The minimum atomic E-state index is -1.33. The lowest BCUT2D eigenvalue weighted by Crippen LogP contribution is -2.57. The van der Waals surface area contributed by atoms with Gasteiger partial charge in [0.2, 0.25) is 23.6 Å². The van der Waals surface area contributed by atoms with Gasteiger partial charge in [0.1, 0.15) is 23.9 Å². The second-order valence-corrected chi connectivity index (χ2v) is 14.8. The Hall–Kier alpha value is -5.67. The highest BCUT2D eigenvalue weighted by molar-refractivity contribution is 5.98. The van der Waals surface area contributed by atoms with E-state index < -0.39 is 66.2 Å². The zero-order chi connectivity index (χ0) is 40.6. The molecule has 15 nitrogen and oxygen atoms in total. The maximum absolute atomic E-state index is 14.3. The van der Waals surface area contributed by atoms with E-state index in [1.165, 1.54) is 18.6 Å². The van der Waals surface area contributed by atoms with E-state index in [0.29, 0.717) is 38.0 Å². The highest BCUT2D eigenvalue weighted by Gasteiger charge is 2.33. The molecule has 9 N–H and O–H groups in total. The van der Waals surface area contributed by atoms with Crippen LogP contribution in [0.2, 0.25) is 0 Å². The van der Waals surface area contributed by atoms with E-state index in [9.17, 15) is 29.1 Å². The molecule has 1 aliphatic carbocycles. The first-order valence-electron chi connectivity index (χ1n) is 19.8. The minimum absolute atomic E-state index is 0.0923. The first kappa shape index (κ1) is 42.5. The van der Waals surface area contributed by atoms with E-state index in [1.54, 1.807) is 18.2 Å². The predicted octanol–water partition coefficient (Wildman–Crippen LogP) is 2.60. The molecule has 2 aromatic carbocycles. The molecule has 0 radical (unpaired) electrons. The summed E-state index contributed by atoms with van der Waals surface area (Å²) in [6, 6.07) is 14.1. The summed E-state index contributed by atoms with van der Waals surface area (Å²) in [4.78, 5) is 71.3. The second kappa shape index (κ2) is 21.6. The zero-order valence-electron chi connectivity index (χ0n) is 32.1. The third-order valence-corrected chi connectivity index (χ3v) is 10.5. The molecule has 2 aromatic heterocycles. The molecule has 0 aliphatic heterocycles. The number of aliphatic hydroxyl groups is 1. The summed E-state index contributed by atoms with van der Waals surface area (Å²) in [7, 11) is 0. The number of carbonyl (C=O) groups excluding carboxylic acids is 5. The molecule has 0 spiro atoms. The van der Waals surface area contributed by atoms with Crippen LogP contribution in [-0.4, -0.2) is 81.6 Å². The number of rotatable bonds is 21. The van der Waals surface area contributed by atoms with Crippen molar-refractivity contribution in [2.24, 2.45) is 17.4 Å². The van der Waals surface area contributed by atoms with Gasteiger partial charge < -0.3 is 42.4 Å². The van der Waals surface area contributed by atoms with Crippen molar-refractivity contribution in [1.82, 2.24) is 31.4 Å². The third-order valence-electron chi connectivity index (χ3n) is 10.5. The van der Waals surface area contributed by atoms with Crippen molar-refractivity contribution >= 4 is 40.3 Å². The SMILES string of the molecule is NCCCC[C@H](NC(=O)C[C@H](O)[C@H](CC1CCCCC1)NC(=O)[C@H](Cc1ccno1)NC(=O)[C@H](Cc1cccc2ccccc12)NC(=O)c1cccnc1)C(N)=O. The summed E-state index contributed by atoms with van der Waals surface area (Å²) in [5.74, 6) is -2.55. The summed E-state index contributed by atoms with van der Waals surface area (Å²) in [5, 5.41) is 28.4. The lowest BCUT2D eigenvalue weighted by molar-refractivity contribution is -0.132. The van der Waals surface area contributed by atoms with Gasteiger partial charge in [-0.25, -0.2) is 0 Å². The summed E-state index contributed by atoms with van der Waals surface area (Å²) in [6.07, 6.45) is 9.52. The first-order chi connectivity index (χ1) is 27.6. The third kappa shape index (κ3) is 12.9. The average molecular weight is 783 g/mol. The number of fused-ring (bicyclic) bond motifs is 1. The molecule has 5 amide bonds. The Kier molecular flexibility index (Phi) is 16.1. The Morgan fingerprint density at radius 2 is 1.56 bits per heavy atom. The van der Waals surface area contributed by atoms with Gasteiger partial charge in [-0.1, -0.05) is 79.7 Å². The minimum Gasteiger partial charge on any atom is -0.390 e. The van der Waals surface area contributed by atoms with Crippen molar-refractivity contribution in [1.29, 1.82) is 0 Å². The van der Waals surface area contributed by atoms with Crippen molar-refractivity contribution in [3.8, 4) is 0 Å². The number of nitrogens with two attached hydrogens (primary N) is 2. The molecule has 304 valence electrons. The van der Waals surface area contributed by atoms with Crippen LogP contribution < -0.4 is 32.7 Å². The lowest BCUT2D eigenvalue weighted by Gasteiger charge is -2.31. The van der Waals surface area contributed by atoms with Gasteiger partial charge in [-0.05, 0) is 66.6 Å². The topological polar surface area (TPSA) is 245 Å². The number of unbranched alkanes of at least 4 members (excludes halogenated alkanes) is 1. The molecule has 2 heterocycles. The highest BCUT2D eigenvalue weighted by Crippen LogP contribution is 2.28. The quantitative estimate of drug-likeness (QED) is 0.0609. The van der Waals surface area contributed by atoms with Crippen molar-refractivity contribution in [3.63, 3.8) is 0 Å². The second-order valence-electron chi connectivity index (χ2n) is 14.8. The van der Waals surface area contributed by atoms with E-state index in [2.05, 4.69) is 31.4 Å². The molecule has 15 heteroatoms. The van der Waals surface area contributed by atoms with Gasteiger partial charge in [-0.3, -0.25) is 29.0 Å². The number of pyridine rings is 1. The van der Waals surface area contributed by atoms with Crippen molar-refractivity contribution in [2.45, 2.75) is 107 Å². The van der Waals surface area contributed by atoms with Gasteiger partial charge >= 0.3 is 0 Å². The molecular formula is C42H54N8O7. The predicted molar refractivity (Wildman–Crippen MR) is 213 cm³/mol. The van der Waals surface area contributed by atoms with Crippen LogP contribution in [0, 0.1) is 5.92 Å². The first-order valence-corrected chi connectivity index (χ1v) is 19.8. The van der Waals surface area contributed by atoms with Gasteiger partial charge in [0, 0.05) is 31.3 Å². The van der Waals surface area contributed by atoms with Crippen LogP contribution in [-0.2, 0) is 32.0 Å². The molecule has 5 atom stereocenters. The molecule has 1 fully saturated rings. The molecule has 1 saturated carbocycles. The van der Waals surface area contributed by atoms with Gasteiger partial charge in [-0.15, -0.1) is 0 Å². The smallest absolute Gasteiger partial charge is 0.253 e. The number of hydrogen-bond acceptors (Lipinski definition) is 10. The molecule has 1 aliphatic rings. The summed E-state index contributed by atoms with van der Waals surface area (Å²) < 4.78 is 5.34. The van der Waals surface area contributed by atoms with E-state index >= 15 is 0 Å². The average Bonchev–Trinajstić information content (AvgIpc) is 3.73. The van der Waals surface area contributed by atoms with E-state index in [0.717, 1.165) is 48.4 Å². The molecular weight excluding hydrogens is 729 g/mol. The molecule has 0 unspecified atom stereocenters. The number of carbonyl (C=O) groups is 5. The Balaban J connectivity index is 1.37. The summed E-state index contributed by atoms with van der Waals surface area (Å²) in [6.45, 7) is 0.434. The number of aromatic nitrogens is 2. The fraction of sp³-hybridized carbons (Fsp3) is 0.452. The Labute approximate surface area is 332 Å². The summed E-state index contributed by atoms with van der Waals surface area (Å²) >= 11 is 0. The number of hydrogen-bond donors (Lipinski definition) is 7. The monoisotopic (exact) mass is 782 g/mol. The number of nitrogens with one attached hydrogen (secondary N) is 4. The molecule has 4 aromatic rings.